The summed E-state index contributed by atoms with van der Waals surface area (Å²) in [5, 5.41) is 3.01. The lowest BCUT2D eigenvalue weighted by atomic mass is 10.2. The minimum atomic E-state index is -3.76. The number of thiophene rings is 1. The molecule has 0 N–H and O–H groups in total. The van der Waals surface area contributed by atoms with Crippen LogP contribution >= 0.6 is 11.3 Å². The van der Waals surface area contributed by atoms with Crippen LogP contribution in [0.5, 0.6) is 0 Å². The number of hydrogen-bond acceptors (Lipinski definition) is 4. The number of allylic oxidation sites excluding steroid dienone is 1. The molecule has 4 rings (SSSR count). The van der Waals surface area contributed by atoms with Gasteiger partial charge in [-0.15, -0.1) is 11.3 Å². The summed E-state index contributed by atoms with van der Waals surface area (Å²) in [4.78, 5) is 16.1. The van der Waals surface area contributed by atoms with Crippen molar-refractivity contribution in [2.75, 3.05) is 19.6 Å². The van der Waals surface area contributed by atoms with Gasteiger partial charge in [0.2, 0.25) is 10.0 Å². The first-order chi connectivity index (χ1) is 14.7. The predicted octanol–water partition coefficient (Wildman–Crippen LogP) is 3.95. The minimum absolute atomic E-state index is 0.0519. The summed E-state index contributed by atoms with van der Waals surface area (Å²) in [6.45, 7) is 9.00. The molecule has 0 aliphatic carbocycles. The standard InChI is InChI=1S/C22H24FN3O3S2/c1-15(2)13-25-20(12-17-8-11-30-22(17)25)21(27)24-9-10-26(16(3)14-24)31(28,29)19-6-4-18(23)5-7-19/h4-8,11-12,16H,1,9-10,13-14H2,2-3H3. The number of sulfonamides is 1. The molecule has 1 fully saturated rings. The fourth-order valence-corrected chi connectivity index (χ4v) is 6.48. The molecule has 0 radical (unpaired) electrons. The third-order valence-corrected chi connectivity index (χ3v) is 8.40. The molecule has 1 unspecified atom stereocenters. The number of fused-ring (bicyclic) bond motifs is 1. The highest BCUT2D eigenvalue weighted by molar-refractivity contribution is 7.89. The van der Waals surface area contributed by atoms with E-state index < -0.39 is 21.9 Å². The van der Waals surface area contributed by atoms with E-state index in [0.717, 1.165) is 27.9 Å². The Hall–Kier alpha value is -2.49. The summed E-state index contributed by atoms with van der Waals surface area (Å²) in [6.07, 6.45) is 0. The van der Waals surface area contributed by atoms with Crippen molar-refractivity contribution in [3.63, 3.8) is 0 Å². The van der Waals surface area contributed by atoms with E-state index >= 15 is 0 Å². The lowest BCUT2D eigenvalue weighted by Gasteiger charge is -2.39. The van der Waals surface area contributed by atoms with Crippen molar-refractivity contribution in [3.8, 4) is 0 Å². The third kappa shape index (κ3) is 4.05. The number of piperazine rings is 1. The molecule has 1 saturated heterocycles. The fraction of sp³-hybridized carbons (Fsp3) is 0.318. The molecule has 9 heteroatoms. The van der Waals surface area contributed by atoms with Crippen LogP contribution in [0.1, 0.15) is 24.3 Å². The Labute approximate surface area is 185 Å². The highest BCUT2D eigenvalue weighted by atomic mass is 32.2. The highest BCUT2D eigenvalue weighted by Crippen LogP contribution is 2.28. The molecule has 1 aliphatic heterocycles. The first-order valence-electron chi connectivity index (χ1n) is 9.96. The van der Waals surface area contributed by atoms with Gasteiger partial charge in [-0.25, -0.2) is 12.8 Å². The highest BCUT2D eigenvalue weighted by Gasteiger charge is 2.36. The largest absolute Gasteiger partial charge is 0.334 e. The Morgan fingerprint density at radius 2 is 1.94 bits per heavy atom. The minimum Gasteiger partial charge on any atom is -0.334 e. The average molecular weight is 462 g/mol. The van der Waals surface area contributed by atoms with E-state index in [1.807, 2.05) is 29.0 Å². The second-order valence-electron chi connectivity index (χ2n) is 7.92. The first-order valence-corrected chi connectivity index (χ1v) is 12.3. The quantitative estimate of drug-likeness (QED) is 0.541. The average Bonchev–Trinajstić information content (AvgIpc) is 3.30. The van der Waals surface area contributed by atoms with Crippen LogP contribution in [0.3, 0.4) is 0 Å². The summed E-state index contributed by atoms with van der Waals surface area (Å²) >= 11 is 1.58. The van der Waals surface area contributed by atoms with E-state index in [1.54, 1.807) is 23.2 Å². The van der Waals surface area contributed by atoms with Gasteiger partial charge in [-0.2, -0.15) is 4.31 Å². The molecule has 1 aliphatic rings. The molecule has 1 atom stereocenters. The maximum atomic E-state index is 13.3. The normalized spacial score (nSPS) is 17.9. The van der Waals surface area contributed by atoms with Gasteiger partial charge in [0.1, 0.15) is 16.3 Å². The second-order valence-corrected chi connectivity index (χ2v) is 10.7. The Kier molecular flexibility index (Phi) is 5.76. The van der Waals surface area contributed by atoms with Crippen LogP contribution in [0, 0.1) is 5.82 Å². The van der Waals surface area contributed by atoms with E-state index in [-0.39, 0.29) is 30.4 Å². The van der Waals surface area contributed by atoms with Crippen molar-refractivity contribution < 1.29 is 17.6 Å². The van der Waals surface area contributed by atoms with Gasteiger partial charge in [0.15, 0.2) is 0 Å². The Balaban J connectivity index is 1.56. The summed E-state index contributed by atoms with van der Waals surface area (Å²) in [7, 11) is -3.76. The van der Waals surface area contributed by atoms with E-state index in [9.17, 15) is 17.6 Å². The Bertz CT molecular complexity index is 1240. The van der Waals surface area contributed by atoms with Crippen LogP contribution in [0.2, 0.25) is 0 Å². The molecular weight excluding hydrogens is 437 g/mol. The van der Waals surface area contributed by atoms with Crippen molar-refractivity contribution >= 4 is 37.5 Å². The number of hydrogen-bond donors (Lipinski definition) is 0. The molecule has 31 heavy (non-hydrogen) atoms. The molecule has 3 aromatic rings. The molecular formula is C22H24FN3O3S2. The molecule has 164 valence electrons. The number of aromatic nitrogens is 1. The molecule has 6 nitrogen and oxygen atoms in total. The Morgan fingerprint density at radius 3 is 2.58 bits per heavy atom. The van der Waals surface area contributed by atoms with Gasteiger partial charge in [0.05, 0.1) is 4.90 Å². The predicted molar refractivity (Wildman–Crippen MR) is 120 cm³/mol. The number of carbonyl (C=O) groups is 1. The molecule has 0 bridgehead atoms. The molecule has 1 amide bonds. The number of nitrogens with zero attached hydrogens (tertiary/aromatic N) is 3. The number of rotatable bonds is 5. The lowest BCUT2D eigenvalue weighted by Crippen LogP contribution is -2.55. The van der Waals surface area contributed by atoms with Gasteiger partial charge in [0, 0.05) is 37.6 Å². The first kappa shape index (κ1) is 21.7. The number of benzene rings is 1. The molecule has 0 spiro atoms. The number of carbonyl (C=O) groups excluding carboxylic acids is 1. The summed E-state index contributed by atoms with van der Waals surface area (Å²) in [5.74, 6) is -0.601. The summed E-state index contributed by atoms with van der Waals surface area (Å²) in [5.41, 5.74) is 1.54. The van der Waals surface area contributed by atoms with Crippen molar-refractivity contribution in [1.29, 1.82) is 0 Å². The zero-order chi connectivity index (χ0) is 22.3. The van der Waals surface area contributed by atoms with E-state index in [4.69, 9.17) is 0 Å². The zero-order valence-corrected chi connectivity index (χ0v) is 19.0. The van der Waals surface area contributed by atoms with E-state index in [2.05, 4.69) is 6.58 Å². The van der Waals surface area contributed by atoms with Crippen LogP contribution < -0.4 is 0 Å². The number of amides is 1. The second kappa shape index (κ2) is 8.22. The topological polar surface area (TPSA) is 62.6 Å². The monoisotopic (exact) mass is 461 g/mol. The summed E-state index contributed by atoms with van der Waals surface area (Å²) in [6, 6.07) is 8.29. The van der Waals surface area contributed by atoms with Gasteiger partial charge in [-0.3, -0.25) is 4.79 Å². The molecule has 0 saturated carbocycles. The zero-order valence-electron chi connectivity index (χ0n) is 17.4. The van der Waals surface area contributed by atoms with Crippen molar-refractivity contribution in [1.82, 2.24) is 13.8 Å². The lowest BCUT2D eigenvalue weighted by molar-refractivity contribution is 0.0632. The summed E-state index contributed by atoms with van der Waals surface area (Å²) < 4.78 is 42.6. The van der Waals surface area contributed by atoms with Crippen LogP contribution in [0.4, 0.5) is 4.39 Å². The number of halogens is 1. The van der Waals surface area contributed by atoms with Crippen molar-refractivity contribution in [2.45, 2.75) is 31.3 Å². The smallest absolute Gasteiger partial charge is 0.270 e. The maximum Gasteiger partial charge on any atom is 0.270 e. The SMILES string of the molecule is C=C(C)Cn1c(C(=O)N2CCN(S(=O)(=O)c3ccc(F)cc3)C(C)C2)cc2ccsc21. The van der Waals surface area contributed by atoms with Gasteiger partial charge in [-0.05, 0) is 55.6 Å². The van der Waals surface area contributed by atoms with Crippen LogP contribution in [0.25, 0.3) is 10.2 Å². The fourth-order valence-electron chi connectivity index (χ4n) is 3.97. The van der Waals surface area contributed by atoms with Gasteiger partial charge >= 0.3 is 0 Å². The van der Waals surface area contributed by atoms with Gasteiger partial charge < -0.3 is 9.47 Å². The third-order valence-electron chi connectivity index (χ3n) is 5.42. The Morgan fingerprint density at radius 1 is 1.23 bits per heavy atom. The van der Waals surface area contributed by atoms with Crippen LogP contribution in [-0.2, 0) is 16.6 Å². The van der Waals surface area contributed by atoms with E-state index in [1.165, 1.54) is 16.4 Å². The maximum absolute atomic E-state index is 13.3. The molecule has 2 aromatic heterocycles. The van der Waals surface area contributed by atoms with E-state index in [0.29, 0.717) is 12.2 Å². The molecule has 3 heterocycles. The van der Waals surface area contributed by atoms with Gasteiger partial charge in [0.25, 0.3) is 5.91 Å². The van der Waals surface area contributed by atoms with Crippen molar-refractivity contribution in [3.05, 3.63) is 65.4 Å². The van der Waals surface area contributed by atoms with Crippen LogP contribution in [0.15, 0.2) is 58.8 Å². The van der Waals surface area contributed by atoms with Crippen LogP contribution in [-0.4, -0.2) is 53.8 Å². The van der Waals surface area contributed by atoms with Crippen molar-refractivity contribution in [2.24, 2.45) is 0 Å². The molecule has 1 aromatic carbocycles. The van der Waals surface area contributed by atoms with Gasteiger partial charge in [-0.1, -0.05) is 12.2 Å².